The van der Waals surface area contributed by atoms with Crippen LogP contribution in [-0.4, -0.2) is 47.0 Å². The molecule has 1 aromatic rings. The average Bonchev–Trinajstić information content (AvgIpc) is 2.38. The third kappa shape index (κ3) is 3.56. The molecular weight excluding hydrogens is 264 g/mol. The SMILES string of the molecule is CCCc1nc(Cl)cc(N2CCN(C(C)=O)CC2)n1. The van der Waals surface area contributed by atoms with Crippen LogP contribution in [0.4, 0.5) is 5.82 Å². The average molecular weight is 283 g/mol. The van der Waals surface area contributed by atoms with Crippen LogP contribution in [0, 0.1) is 0 Å². The zero-order chi connectivity index (χ0) is 13.8. The molecule has 0 aliphatic carbocycles. The first kappa shape index (κ1) is 14.1. The number of hydrogen-bond donors (Lipinski definition) is 0. The van der Waals surface area contributed by atoms with Crippen molar-refractivity contribution in [3.63, 3.8) is 0 Å². The van der Waals surface area contributed by atoms with Gasteiger partial charge in [0.05, 0.1) is 0 Å². The van der Waals surface area contributed by atoms with E-state index in [4.69, 9.17) is 11.6 Å². The molecule has 19 heavy (non-hydrogen) atoms. The maximum Gasteiger partial charge on any atom is 0.219 e. The molecule has 6 heteroatoms. The minimum Gasteiger partial charge on any atom is -0.353 e. The van der Waals surface area contributed by atoms with Crippen molar-refractivity contribution < 1.29 is 4.79 Å². The summed E-state index contributed by atoms with van der Waals surface area (Å²) in [5, 5.41) is 0.488. The number of hydrogen-bond acceptors (Lipinski definition) is 4. The van der Waals surface area contributed by atoms with Gasteiger partial charge in [-0.3, -0.25) is 4.79 Å². The Morgan fingerprint density at radius 3 is 2.58 bits per heavy atom. The third-order valence-corrected chi connectivity index (χ3v) is 3.44. The highest BCUT2D eigenvalue weighted by Gasteiger charge is 2.20. The van der Waals surface area contributed by atoms with Gasteiger partial charge >= 0.3 is 0 Å². The largest absolute Gasteiger partial charge is 0.353 e. The van der Waals surface area contributed by atoms with Crippen molar-refractivity contribution in [2.24, 2.45) is 0 Å². The molecule has 1 amide bonds. The Balaban J connectivity index is 2.08. The lowest BCUT2D eigenvalue weighted by Gasteiger charge is -2.35. The Morgan fingerprint density at radius 1 is 1.32 bits per heavy atom. The van der Waals surface area contributed by atoms with Crippen molar-refractivity contribution in [2.75, 3.05) is 31.1 Å². The highest BCUT2D eigenvalue weighted by molar-refractivity contribution is 6.29. The summed E-state index contributed by atoms with van der Waals surface area (Å²) in [5.41, 5.74) is 0. The minimum absolute atomic E-state index is 0.132. The molecule has 1 aromatic heterocycles. The number of halogens is 1. The Morgan fingerprint density at radius 2 is 2.00 bits per heavy atom. The Labute approximate surface area is 118 Å². The number of amides is 1. The monoisotopic (exact) mass is 282 g/mol. The highest BCUT2D eigenvalue weighted by Crippen LogP contribution is 2.18. The maximum atomic E-state index is 11.3. The summed E-state index contributed by atoms with van der Waals surface area (Å²) in [6.07, 6.45) is 1.83. The molecule has 2 rings (SSSR count). The van der Waals surface area contributed by atoms with E-state index in [2.05, 4.69) is 21.8 Å². The summed E-state index contributed by atoms with van der Waals surface area (Å²) in [7, 11) is 0. The first-order valence-electron chi connectivity index (χ1n) is 6.64. The lowest BCUT2D eigenvalue weighted by Crippen LogP contribution is -2.48. The fourth-order valence-electron chi connectivity index (χ4n) is 2.20. The molecular formula is C13H19ClN4O. The zero-order valence-corrected chi connectivity index (χ0v) is 12.2. The van der Waals surface area contributed by atoms with Gasteiger partial charge in [0.15, 0.2) is 0 Å². The number of anilines is 1. The molecule has 2 heterocycles. The zero-order valence-electron chi connectivity index (χ0n) is 11.4. The number of carbonyl (C=O) groups is 1. The molecule has 5 nitrogen and oxygen atoms in total. The Kier molecular flexibility index (Phi) is 4.58. The topological polar surface area (TPSA) is 49.3 Å². The summed E-state index contributed by atoms with van der Waals surface area (Å²) in [6.45, 7) is 6.75. The van der Waals surface area contributed by atoms with Gasteiger partial charge in [-0.1, -0.05) is 18.5 Å². The van der Waals surface area contributed by atoms with Crippen LogP contribution in [0.2, 0.25) is 5.15 Å². The van der Waals surface area contributed by atoms with Gasteiger partial charge in [0, 0.05) is 45.6 Å². The van der Waals surface area contributed by atoms with Crippen molar-refractivity contribution in [1.29, 1.82) is 0 Å². The van der Waals surface area contributed by atoms with Crippen LogP contribution in [0.15, 0.2) is 6.07 Å². The minimum atomic E-state index is 0.132. The number of carbonyl (C=O) groups excluding carboxylic acids is 1. The van der Waals surface area contributed by atoms with Crippen molar-refractivity contribution in [2.45, 2.75) is 26.7 Å². The normalized spacial score (nSPS) is 15.7. The molecule has 0 spiro atoms. The lowest BCUT2D eigenvalue weighted by atomic mass is 10.3. The highest BCUT2D eigenvalue weighted by atomic mass is 35.5. The van der Waals surface area contributed by atoms with Crippen LogP contribution >= 0.6 is 11.6 Å². The number of aryl methyl sites for hydroxylation is 1. The van der Waals surface area contributed by atoms with Gasteiger partial charge in [-0.05, 0) is 6.42 Å². The predicted octanol–water partition coefficient (Wildman–Crippen LogP) is 1.75. The summed E-state index contributed by atoms with van der Waals surface area (Å²) in [5.74, 6) is 1.79. The molecule has 0 saturated carbocycles. The van der Waals surface area contributed by atoms with Crippen LogP contribution in [0.5, 0.6) is 0 Å². The van der Waals surface area contributed by atoms with Crippen LogP contribution < -0.4 is 4.90 Å². The van der Waals surface area contributed by atoms with E-state index in [1.807, 2.05) is 4.90 Å². The lowest BCUT2D eigenvalue weighted by molar-refractivity contribution is -0.129. The Hall–Kier alpha value is -1.36. The predicted molar refractivity (Wildman–Crippen MR) is 75.5 cm³/mol. The number of rotatable bonds is 3. The molecule has 0 unspecified atom stereocenters. The molecule has 0 bridgehead atoms. The summed E-state index contributed by atoms with van der Waals surface area (Å²) >= 11 is 6.04. The molecule has 104 valence electrons. The molecule has 1 aliphatic heterocycles. The summed E-state index contributed by atoms with van der Waals surface area (Å²) < 4.78 is 0. The van der Waals surface area contributed by atoms with Gasteiger partial charge in [-0.15, -0.1) is 0 Å². The maximum absolute atomic E-state index is 11.3. The van der Waals surface area contributed by atoms with E-state index >= 15 is 0 Å². The fourth-order valence-corrected chi connectivity index (χ4v) is 2.39. The van der Waals surface area contributed by atoms with Crippen LogP contribution in [0.1, 0.15) is 26.1 Å². The van der Waals surface area contributed by atoms with E-state index in [9.17, 15) is 4.79 Å². The van der Waals surface area contributed by atoms with Crippen LogP contribution in [-0.2, 0) is 11.2 Å². The van der Waals surface area contributed by atoms with E-state index in [1.54, 1.807) is 13.0 Å². The Bertz CT molecular complexity index is 458. The van der Waals surface area contributed by atoms with Crippen molar-refractivity contribution in [3.8, 4) is 0 Å². The second kappa shape index (κ2) is 6.19. The van der Waals surface area contributed by atoms with Crippen LogP contribution in [0.25, 0.3) is 0 Å². The van der Waals surface area contributed by atoms with E-state index in [-0.39, 0.29) is 5.91 Å². The van der Waals surface area contributed by atoms with Gasteiger partial charge in [0.2, 0.25) is 5.91 Å². The standard InChI is InChI=1S/C13H19ClN4O/c1-3-4-12-15-11(14)9-13(16-12)18-7-5-17(6-8-18)10(2)19/h9H,3-8H2,1-2H3. The second-order valence-electron chi connectivity index (χ2n) is 4.71. The van der Waals surface area contributed by atoms with Gasteiger partial charge in [0.25, 0.3) is 0 Å². The number of piperazine rings is 1. The summed E-state index contributed by atoms with van der Waals surface area (Å²) in [4.78, 5) is 24.1. The van der Waals surface area contributed by atoms with E-state index in [0.29, 0.717) is 5.15 Å². The number of aromatic nitrogens is 2. The van der Waals surface area contributed by atoms with Crippen molar-refractivity contribution in [1.82, 2.24) is 14.9 Å². The first-order valence-corrected chi connectivity index (χ1v) is 7.02. The quantitative estimate of drug-likeness (QED) is 0.793. The summed E-state index contributed by atoms with van der Waals surface area (Å²) in [6, 6.07) is 1.80. The van der Waals surface area contributed by atoms with Gasteiger partial charge in [-0.25, -0.2) is 9.97 Å². The molecule has 0 aromatic carbocycles. The van der Waals surface area contributed by atoms with Gasteiger partial charge in [0.1, 0.15) is 16.8 Å². The molecule has 0 radical (unpaired) electrons. The number of nitrogens with zero attached hydrogens (tertiary/aromatic N) is 4. The van der Waals surface area contributed by atoms with Crippen molar-refractivity contribution in [3.05, 3.63) is 17.0 Å². The fraction of sp³-hybridized carbons (Fsp3) is 0.615. The molecule has 0 N–H and O–H groups in total. The van der Waals surface area contributed by atoms with Crippen LogP contribution in [0.3, 0.4) is 0 Å². The van der Waals surface area contributed by atoms with Crippen molar-refractivity contribution >= 4 is 23.3 Å². The first-order chi connectivity index (χ1) is 9.10. The second-order valence-corrected chi connectivity index (χ2v) is 5.10. The smallest absolute Gasteiger partial charge is 0.219 e. The third-order valence-electron chi connectivity index (χ3n) is 3.25. The van der Waals surface area contributed by atoms with Gasteiger partial charge < -0.3 is 9.80 Å². The van der Waals surface area contributed by atoms with E-state index < -0.39 is 0 Å². The van der Waals surface area contributed by atoms with Gasteiger partial charge in [-0.2, -0.15) is 0 Å². The molecule has 1 fully saturated rings. The van der Waals surface area contributed by atoms with E-state index in [0.717, 1.165) is 50.7 Å². The molecule has 0 atom stereocenters. The van der Waals surface area contributed by atoms with E-state index in [1.165, 1.54) is 0 Å². The molecule has 1 aliphatic rings. The molecule has 1 saturated heterocycles.